The summed E-state index contributed by atoms with van der Waals surface area (Å²) in [4.78, 5) is 7.58. The maximum atomic E-state index is 5.24. The number of fused-ring (bicyclic) bond motifs is 1. The van der Waals surface area contributed by atoms with E-state index >= 15 is 0 Å². The monoisotopic (exact) mass is 392 g/mol. The van der Waals surface area contributed by atoms with Crippen LogP contribution in [-0.4, -0.2) is 37.1 Å². The molecule has 2 aliphatic heterocycles. The molecule has 1 radical (unpaired) electrons. The molecule has 2 N–H and O–H groups in total. The van der Waals surface area contributed by atoms with E-state index in [1.807, 2.05) is 48.4 Å². The summed E-state index contributed by atoms with van der Waals surface area (Å²) in [5, 5.41) is 18.2. The van der Waals surface area contributed by atoms with Gasteiger partial charge in [0.1, 0.15) is 6.54 Å². The van der Waals surface area contributed by atoms with E-state index < -0.39 is 0 Å². The highest BCUT2D eigenvalue weighted by molar-refractivity contribution is 7.97. The Hall–Kier alpha value is -3.37. The number of nitrogens with one attached hydrogen (secondary N) is 2. The van der Waals surface area contributed by atoms with Crippen LogP contribution >= 0.6 is 11.9 Å². The topological polar surface area (TPSA) is 101 Å². The maximum absolute atomic E-state index is 5.24. The molecule has 0 atom stereocenters. The second kappa shape index (κ2) is 6.98. The average molecular weight is 392 g/mol. The smallest absolute Gasteiger partial charge is 0.285 e. The molecule has 1 aromatic carbocycles. The lowest BCUT2D eigenvalue weighted by molar-refractivity contribution is 0.568. The van der Waals surface area contributed by atoms with Gasteiger partial charge in [-0.25, -0.2) is 0 Å². The first-order valence-electron chi connectivity index (χ1n) is 8.59. The fourth-order valence-corrected chi connectivity index (χ4v) is 3.77. The molecular formula is C18H16N8OS+. The van der Waals surface area contributed by atoms with Gasteiger partial charge >= 0.3 is 0 Å². The third-order valence-corrected chi connectivity index (χ3v) is 5.14. The molecule has 0 unspecified atom stereocenters. The van der Waals surface area contributed by atoms with Crippen LogP contribution in [0.3, 0.4) is 0 Å². The van der Waals surface area contributed by atoms with Crippen LogP contribution in [0.2, 0.25) is 0 Å². The largest absolute Gasteiger partial charge is 0.423 e. The van der Waals surface area contributed by atoms with Gasteiger partial charge in [0.05, 0.1) is 12.4 Å². The zero-order valence-electron chi connectivity index (χ0n) is 14.9. The van der Waals surface area contributed by atoms with Gasteiger partial charge in [-0.05, 0) is 48.0 Å². The summed E-state index contributed by atoms with van der Waals surface area (Å²) in [5.74, 6) is 3.11. The van der Waals surface area contributed by atoms with Crippen LogP contribution in [0.15, 0.2) is 75.5 Å². The fraction of sp³-hybridized carbons (Fsp3) is 0.111. The van der Waals surface area contributed by atoms with Crippen LogP contribution in [0.5, 0.6) is 0 Å². The van der Waals surface area contributed by atoms with E-state index in [-0.39, 0.29) is 0 Å². The Labute approximate surface area is 165 Å². The Morgan fingerprint density at radius 3 is 2.93 bits per heavy atom. The highest BCUT2D eigenvalue weighted by Crippen LogP contribution is 2.29. The molecule has 0 saturated carbocycles. The third-order valence-electron chi connectivity index (χ3n) is 4.19. The average Bonchev–Trinajstić information content (AvgIpc) is 3.44. The molecule has 0 amide bonds. The highest BCUT2D eigenvalue weighted by atomic mass is 32.2. The van der Waals surface area contributed by atoms with E-state index in [2.05, 4.69) is 41.2 Å². The second-order valence-corrected chi connectivity index (χ2v) is 7.35. The van der Waals surface area contributed by atoms with Crippen molar-refractivity contribution in [2.45, 2.75) is 11.8 Å². The van der Waals surface area contributed by atoms with Gasteiger partial charge in [0.15, 0.2) is 12.0 Å². The van der Waals surface area contributed by atoms with Gasteiger partial charge in [-0.2, -0.15) is 10.1 Å². The molecule has 139 valence electrons. The molecule has 0 spiro atoms. The maximum Gasteiger partial charge on any atom is 0.285 e. The van der Waals surface area contributed by atoms with Crippen molar-refractivity contribution in [1.82, 2.24) is 29.6 Å². The number of aryl methyl sites for hydroxylation is 1. The minimum absolute atomic E-state index is 0.511. The molecule has 0 bridgehead atoms. The Morgan fingerprint density at radius 1 is 1.29 bits per heavy atom. The molecule has 0 aliphatic carbocycles. The summed E-state index contributed by atoms with van der Waals surface area (Å²) in [6, 6.07) is 9.96. The number of benzene rings is 1. The summed E-state index contributed by atoms with van der Waals surface area (Å²) in [6.45, 7) is 2.66. The molecule has 10 heteroatoms. The number of aromatic nitrogens is 4. The lowest BCUT2D eigenvalue weighted by Crippen LogP contribution is -2.42. The summed E-state index contributed by atoms with van der Waals surface area (Å²) < 4.78 is 7.37. The molecule has 28 heavy (non-hydrogen) atoms. The van der Waals surface area contributed by atoms with Crippen LogP contribution in [0.1, 0.15) is 5.69 Å². The van der Waals surface area contributed by atoms with Crippen molar-refractivity contribution in [3.8, 4) is 11.5 Å². The van der Waals surface area contributed by atoms with Crippen LogP contribution in [0, 0.1) is 6.92 Å². The first kappa shape index (κ1) is 16.8. The van der Waals surface area contributed by atoms with Crippen LogP contribution in [0.4, 0.5) is 5.82 Å². The Balaban J connectivity index is 1.35. The van der Waals surface area contributed by atoms with Crippen molar-refractivity contribution >= 4 is 23.6 Å². The molecule has 5 rings (SSSR count). The van der Waals surface area contributed by atoms with Crippen molar-refractivity contribution in [2.24, 2.45) is 4.99 Å². The van der Waals surface area contributed by atoms with Gasteiger partial charge in [-0.15, -0.1) is 10.2 Å². The normalized spacial score (nSPS) is 16.1. The first-order chi connectivity index (χ1) is 13.7. The van der Waals surface area contributed by atoms with E-state index in [1.54, 1.807) is 18.1 Å². The predicted molar refractivity (Wildman–Crippen MR) is 106 cm³/mol. The Kier molecular flexibility index (Phi) is 4.18. The van der Waals surface area contributed by atoms with Crippen molar-refractivity contribution in [3.05, 3.63) is 66.8 Å². The predicted octanol–water partition coefficient (Wildman–Crippen LogP) is 3.03. The summed E-state index contributed by atoms with van der Waals surface area (Å²) in [6.07, 6.45) is 7.12. The number of aromatic amines is 1. The molecule has 2 aromatic heterocycles. The van der Waals surface area contributed by atoms with Gasteiger partial charge in [-0.1, -0.05) is 0 Å². The Morgan fingerprint density at radius 2 is 2.18 bits per heavy atom. The van der Waals surface area contributed by atoms with E-state index in [9.17, 15) is 0 Å². The lowest BCUT2D eigenvalue weighted by atomic mass is 10.2. The third kappa shape index (κ3) is 3.30. The van der Waals surface area contributed by atoms with Gasteiger partial charge in [0, 0.05) is 22.2 Å². The van der Waals surface area contributed by atoms with E-state index in [4.69, 9.17) is 4.42 Å². The SMILES string of the molecule is Cc1cc(NC2=CN(Sc3ccc(-c4nnco4)cc3)CC3=NC=C[N+]23)n[nH]1. The van der Waals surface area contributed by atoms with Crippen LogP contribution in [-0.2, 0) is 0 Å². The van der Waals surface area contributed by atoms with E-state index in [0.717, 1.165) is 33.6 Å². The molecule has 4 heterocycles. The lowest BCUT2D eigenvalue weighted by Gasteiger charge is -2.24. The van der Waals surface area contributed by atoms with Gasteiger partial charge < -0.3 is 4.42 Å². The summed E-state index contributed by atoms with van der Waals surface area (Å²) in [5.41, 5.74) is 1.89. The number of rotatable bonds is 5. The Bertz CT molecular complexity index is 1070. The van der Waals surface area contributed by atoms with Crippen molar-refractivity contribution in [2.75, 3.05) is 11.9 Å². The number of amidine groups is 1. The first-order valence-corrected chi connectivity index (χ1v) is 9.36. The fourth-order valence-electron chi connectivity index (χ4n) is 2.91. The molecule has 0 fully saturated rings. The van der Waals surface area contributed by atoms with Gasteiger partial charge in [0.25, 0.3) is 11.7 Å². The second-order valence-electron chi connectivity index (χ2n) is 6.22. The number of anilines is 1. The van der Waals surface area contributed by atoms with Crippen LogP contribution in [0.25, 0.3) is 11.5 Å². The zero-order valence-corrected chi connectivity index (χ0v) is 15.7. The van der Waals surface area contributed by atoms with Crippen molar-refractivity contribution in [1.29, 1.82) is 0 Å². The number of hydrogen-bond acceptors (Lipinski definition) is 9. The quantitative estimate of drug-likeness (QED) is 0.508. The summed E-state index contributed by atoms with van der Waals surface area (Å²) >= 11 is 1.63. The number of hydrogen-bond donors (Lipinski definition) is 2. The minimum atomic E-state index is 0.511. The number of nitrogens with zero attached hydrogens (tertiary/aromatic N) is 6. The molecule has 9 nitrogen and oxygen atoms in total. The zero-order chi connectivity index (χ0) is 18.9. The number of aliphatic imine (C=N–C) groups is 1. The summed E-state index contributed by atoms with van der Waals surface area (Å²) in [7, 11) is 0. The van der Waals surface area contributed by atoms with E-state index in [1.165, 1.54) is 6.39 Å². The van der Waals surface area contributed by atoms with Crippen LogP contribution < -0.4 is 10.2 Å². The number of H-pyrrole nitrogens is 1. The minimum Gasteiger partial charge on any atom is -0.423 e. The van der Waals surface area contributed by atoms with E-state index in [0.29, 0.717) is 12.4 Å². The van der Waals surface area contributed by atoms with Gasteiger partial charge in [-0.3, -0.25) is 14.7 Å². The molecule has 3 aromatic rings. The van der Waals surface area contributed by atoms with Crippen molar-refractivity contribution < 1.29 is 4.42 Å². The standard InChI is InChI=1S/C18H16N8OS/c1-12-8-15(23-22-12)21-17-10-25(9-16-19-6-7-26(16)17)28-14-4-2-13(3-5-14)18-24-20-11-27-18/h2-8,10-11H,9H2,1H3,(H2,21,22,23)/q+1. The van der Waals surface area contributed by atoms with Crippen molar-refractivity contribution in [3.63, 3.8) is 0 Å². The highest BCUT2D eigenvalue weighted by Gasteiger charge is 2.37. The molecule has 2 aliphatic rings. The van der Waals surface area contributed by atoms with Gasteiger partial charge in [0.2, 0.25) is 12.3 Å². The molecule has 0 saturated heterocycles. The molecular weight excluding hydrogens is 376 g/mol.